The van der Waals surface area contributed by atoms with Gasteiger partial charge in [-0.1, -0.05) is 23.2 Å². The fourth-order valence-electron chi connectivity index (χ4n) is 4.66. The number of ether oxygens (including phenoxy) is 1. The first-order chi connectivity index (χ1) is 18.9. The maximum Gasteiger partial charge on any atom is 0.322 e. The summed E-state index contributed by atoms with van der Waals surface area (Å²) in [7, 11) is 0. The van der Waals surface area contributed by atoms with E-state index in [2.05, 4.69) is 10.2 Å². The lowest BCUT2D eigenvalue weighted by atomic mass is 10.1. The van der Waals surface area contributed by atoms with E-state index in [-0.39, 0.29) is 18.0 Å². The lowest BCUT2D eigenvalue weighted by Crippen LogP contribution is -2.47. The van der Waals surface area contributed by atoms with Crippen LogP contribution in [0.15, 0.2) is 66.7 Å². The molecular formula is C30H32Cl2N4O3. The van der Waals surface area contributed by atoms with Crippen molar-refractivity contribution in [3.8, 4) is 0 Å². The predicted molar refractivity (Wildman–Crippen MR) is 157 cm³/mol. The topological polar surface area (TPSA) is 65.1 Å². The van der Waals surface area contributed by atoms with E-state index in [1.54, 1.807) is 40.1 Å². The van der Waals surface area contributed by atoms with E-state index in [0.717, 1.165) is 43.7 Å². The van der Waals surface area contributed by atoms with Gasteiger partial charge in [-0.3, -0.25) is 19.5 Å². The number of urea groups is 1. The average molecular weight is 568 g/mol. The predicted octanol–water partition coefficient (Wildman–Crippen LogP) is 6.29. The van der Waals surface area contributed by atoms with Gasteiger partial charge in [0.25, 0.3) is 5.91 Å². The highest BCUT2D eigenvalue weighted by Crippen LogP contribution is 2.31. The van der Waals surface area contributed by atoms with Gasteiger partial charge in [0.15, 0.2) is 0 Å². The number of rotatable bonds is 8. The number of anilines is 3. The molecule has 204 valence electrons. The van der Waals surface area contributed by atoms with E-state index in [1.807, 2.05) is 43.3 Å². The number of benzene rings is 3. The van der Waals surface area contributed by atoms with Crippen LogP contribution in [0.3, 0.4) is 0 Å². The fourth-order valence-corrected chi connectivity index (χ4v) is 4.91. The van der Waals surface area contributed by atoms with E-state index in [0.29, 0.717) is 46.7 Å². The van der Waals surface area contributed by atoms with E-state index >= 15 is 0 Å². The lowest BCUT2D eigenvalue weighted by Gasteiger charge is -2.31. The molecule has 1 saturated carbocycles. The van der Waals surface area contributed by atoms with Gasteiger partial charge in [-0.2, -0.15) is 0 Å². The Morgan fingerprint density at radius 2 is 1.51 bits per heavy atom. The van der Waals surface area contributed by atoms with Gasteiger partial charge in [0.2, 0.25) is 0 Å². The van der Waals surface area contributed by atoms with Crippen molar-refractivity contribution < 1.29 is 14.3 Å². The van der Waals surface area contributed by atoms with Gasteiger partial charge < -0.3 is 10.1 Å². The highest BCUT2D eigenvalue weighted by Gasteiger charge is 2.28. The second-order valence-corrected chi connectivity index (χ2v) is 10.8. The van der Waals surface area contributed by atoms with Crippen LogP contribution in [0.1, 0.15) is 28.8 Å². The molecule has 0 radical (unpaired) electrons. The zero-order valence-corrected chi connectivity index (χ0v) is 23.4. The quantitative estimate of drug-likeness (QED) is 0.348. The number of hydrogen-bond donors (Lipinski definition) is 1. The van der Waals surface area contributed by atoms with Crippen molar-refractivity contribution in [1.29, 1.82) is 0 Å². The molecule has 0 spiro atoms. The normalized spacial score (nSPS) is 15.6. The van der Waals surface area contributed by atoms with Crippen molar-refractivity contribution in [2.24, 2.45) is 0 Å². The molecule has 1 heterocycles. The first-order valence-electron chi connectivity index (χ1n) is 13.2. The first kappa shape index (κ1) is 27.5. The average Bonchev–Trinajstić information content (AvgIpc) is 3.76. The van der Waals surface area contributed by atoms with E-state index in [1.165, 1.54) is 0 Å². The number of carbonyl (C=O) groups is 2. The third kappa shape index (κ3) is 6.92. The number of hydrogen-bond acceptors (Lipinski definition) is 4. The van der Waals surface area contributed by atoms with E-state index in [9.17, 15) is 9.59 Å². The molecule has 0 unspecified atom stereocenters. The summed E-state index contributed by atoms with van der Waals surface area (Å²) in [6.07, 6.45) is 2.03. The van der Waals surface area contributed by atoms with Crippen LogP contribution in [0, 0.1) is 6.92 Å². The van der Waals surface area contributed by atoms with Gasteiger partial charge in [0.1, 0.15) is 0 Å². The monoisotopic (exact) mass is 566 g/mol. The Labute approximate surface area is 239 Å². The molecule has 1 aliphatic heterocycles. The lowest BCUT2D eigenvalue weighted by molar-refractivity contribution is 0.0393. The molecule has 3 aromatic carbocycles. The zero-order valence-electron chi connectivity index (χ0n) is 21.9. The molecule has 0 aromatic heterocycles. The number of halogens is 2. The van der Waals surface area contributed by atoms with E-state index < -0.39 is 0 Å². The molecule has 0 atom stereocenters. The minimum absolute atomic E-state index is 0.100. The minimum Gasteiger partial charge on any atom is -0.379 e. The van der Waals surface area contributed by atoms with Crippen molar-refractivity contribution in [3.05, 3.63) is 87.9 Å². The summed E-state index contributed by atoms with van der Waals surface area (Å²) in [5.74, 6) is -0.198. The minimum atomic E-state index is -0.198. The number of nitrogens with one attached hydrogen (secondary N) is 1. The Morgan fingerprint density at radius 1 is 0.923 bits per heavy atom. The van der Waals surface area contributed by atoms with Crippen LogP contribution in [0.25, 0.3) is 0 Å². The Kier molecular flexibility index (Phi) is 8.72. The standard InChI is InChI=1S/C30H32Cl2N4O3/c1-21-20-22(29(37)36(26-9-3-23(31)4-10-26)27-11-5-24(32)6-12-27)2-13-28(21)35(30(38)33-25-7-8-25)15-14-34-16-18-39-19-17-34/h2-6,9-13,20,25H,7-8,14-19H2,1H3,(H,33,38). The third-order valence-electron chi connectivity index (χ3n) is 7.00. The summed E-state index contributed by atoms with van der Waals surface area (Å²) in [6, 6.07) is 19.9. The molecule has 3 amide bonds. The summed E-state index contributed by atoms with van der Waals surface area (Å²) in [5, 5.41) is 4.30. The van der Waals surface area contributed by atoms with Crippen LogP contribution >= 0.6 is 23.2 Å². The van der Waals surface area contributed by atoms with Crippen LogP contribution in [0.4, 0.5) is 21.9 Å². The van der Waals surface area contributed by atoms with Crippen molar-refractivity contribution in [2.75, 3.05) is 49.2 Å². The third-order valence-corrected chi connectivity index (χ3v) is 7.50. The molecule has 39 heavy (non-hydrogen) atoms. The first-order valence-corrected chi connectivity index (χ1v) is 14.0. The highest BCUT2D eigenvalue weighted by molar-refractivity contribution is 6.31. The van der Waals surface area contributed by atoms with Gasteiger partial charge in [-0.15, -0.1) is 0 Å². The van der Waals surface area contributed by atoms with Crippen LogP contribution in [0.2, 0.25) is 10.0 Å². The van der Waals surface area contributed by atoms with Gasteiger partial charge >= 0.3 is 6.03 Å². The van der Waals surface area contributed by atoms with Crippen molar-refractivity contribution in [3.63, 3.8) is 0 Å². The fraction of sp³-hybridized carbons (Fsp3) is 0.333. The number of morpholine rings is 1. The summed E-state index contributed by atoms with van der Waals surface area (Å²) in [4.78, 5) is 32.9. The molecule has 2 fully saturated rings. The van der Waals surface area contributed by atoms with Gasteiger partial charge in [0.05, 0.1) is 13.2 Å². The summed E-state index contributed by atoms with van der Waals surface area (Å²) in [5.41, 5.74) is 3.52. The number of nitrogens with zero attached hydrogens (tertiary/aromatic N) is 3. The number of aryl methyl sites for hydroxylation is 1. The number of amides is 3. The largest absolute Gasteiger partial charge is 0.379 e. The molecule has 0 bridgehead atoms. The maximum atomic E-state index is 13.9. The molecular weight excluding hydrogens is 535 g/mol. The maximum absolute atomic E-state index is 13.9. The van der Waals surface area contributed by atoms with Crippen molar-refractivity contribution >= 4 is 52.2 Å². The Balaban J connectivity index is 1.42. The Morgan fingerprint density at radius 3 is 2.05 bits per heavy atom. The molecule has 1 saturated heterocycles. The summed E-state index contributed by atoms with van der Waals surface area (Å²) >= 11 is 12.2. The molecule has 7 nitrogen and oxygen atoms in total. The zero-order chi connectivity index (χ0) is 27.4. The smallest absolute Gasteiger partial charge is 0.322 e. The molecule has 9 heteroatoms. The molecule has 1 aliphatic carbocycles. The van der Waals surface area contributed by atoms with Crippen molar-refractivity contribution in [2.45, 2.75) is 25.8 Å². The van der Waals surface area contributed by atoms with Crippen LogP contribution in [0.5, 0.6) is 0 Å². The second-order valence-electron chi connectivity index (χ2n) is 9.92. The molecule has 1 N–H and O–H groups in total. The Hall–Kier alpha value is -3.10. The van der Waals surface area contributed by atoms with Gasteiger partial charge in [0, 0.05) is 64.9 Å². The SMILES string of the molecule is Cc1cc(C(=O)N(c2ccc(Cl)cc2)c2ccc(Cl)cc2)ccc1N(CCN1CCOCC1)C(=O)NC1CC1. The van der Waals surface area contributed by atoms with E-state index in [4.69, 9.17) is 27.9 Å². The van der Waals surface area contributed by atoms with Crippen LogP contribution in [-0.4, -0.2) is 62.3 Å². The number of carbonyl (C=O) groups excluding carboxylic acids is 2. The summed E-state index contributed by atoms with van der Waals surface area (Å²) < 4.78 is 5.47. The van der Waals surface area contributed by atoms with Crippen molar-refractivity contribution in [1.82, 2.24) is 10.2 Å². The summed E-state index contributed by atoms with van der Waals surface area (Å²) in [6.45, 7) is 6.37. The molecule has 5 rings (SSSR count). The van der Waals surface area contributed by atoms with Crippen LogP contribution < -0.4 is 15.1 Å². The van der Waals surface area contributed by atoms with Gasteiger partial charge in [-0.25, -0.2) is 4.79 Å². The van der Waals surface area contributed by atoms with Gasteiger partial charge in [-0.05, 0) is 92.1 Å². The van der Waals surface area contributed by atoms with Crippen LogP contribution in [-0.2, 0) is 4.74 Å². The highest BCUT2D eigenvalue weighted by atomic mass is 35.5. The molecule has 2 aliphatic rings. The second kappa shape index (κ2) is 12.4. The Bertz CT molecular complexity index is 1260. The molecule has 3 aromatic rings.